The number of benzene rings is 1. The van der Waals surface area contributed by atoms with Gasteiger partial charge in [-0.05, 0) is 26.0 Å². The standard InChI is InChI=1S/C16H15N3OS2/c1-10-18-14(8-21-10)7-17-16(20)13-5-3-4-12(6-13)15-9-22-11(2)19-15/h3-6,8-9H,7H2,1-2H3,(H,17,20). The molecular weight excluding hydrogens is 314 g/mol. The van der Waals surface area contributed by atoms with Crippen molar-refractivity contribution >= 4 is 28.6 Å². The van der Waals surface area contributed by atoms with Gasteiger partial charge in [0.1, 0.15) is 0 Å². The summed E-state index contributed by atoms with van der Waals surface area (Å²) in [7, 11) is 0. The molecule has 0 saturated heterocycles. The molecule has 0 spiro atoms. The molecular formula is C16H15N3OS2. The molecule has 0 radical (unpaired) electrons. The summed E-state index contributed by atoms with van der Waals surface area (Å²) in [6, 6.07) is 7.53. The lowest BCUT2D eigenvalue weighted by atomic mass is 10.1. The van der Waals surface area contributed by atoms with E-state index in [0.717, 1.165) is 27.0 Å². The van der Waals surface area contributed by atoms with Crippen LogP contribution in [0.1, 0.15) is 26.1 Å². The SMILES string of the molecule is Cc1nc(CNC(=O)c2cccc(-c3csc(C)n3)c2)cs1. The second-order valence-electron chi connectivity index (χ2n) is 4.87. The zero-order chi connectivity index (χ0) is 15.5. The number of nitrogens with zero attached hydrogens (tertiary/aromatic N) is 2. The third-order valence-electron chi connectivity index (χ3n) is 3.14. The van der Waals surface area contributed by atoms with Gasteiger partial charge in [0, 0.05) is 21.9 Å². The van der Waals surface area contributed by atoms with Crippen molar-refractivity contribution in [1.82, 2.24) is 15.3 Å². The number of thiazole rings is 2. The van der Waals surface area contributed by atoms with Crippen molar-refractivity contribution in [2.75, 3.05) is 0 Å². The van der Waals surface area contributed by atoms with Crippen LogP contribution in [0.15, 0.2) is 35.0 Å². The van der Waals surface area contributed by atoms with E-state index >= 15 is 0 Å². The van der Waals surface area contributed by atoms with Crippen LogP contribution in [0.2, 0.25) is 0 Å². The molecule has 0 atom stereocenters. The zero-order valence-corrected chi connectivity index (χ0v) is 13.9. The molecule has 2 aromatic heterocycles. The van der Waals surface area contributed by atoms with Crippen molar-refractivity contribution in [2.45, 2.75) is 20.4 Å². The van der Waals surface area contributed by atoms with Crippen LogP contribution in [0.25, 0.3) is 11.3 Å². The fraction of sp³-hybridized carbons (Fsp3) is 0.188. The van der Waals surface area contributed by atoms with Gasteiger partial charge in [0.05, 0.1) is 27.9 Å². The molecule has 1 aromatic carbocycles. The molecule has 4 nitrogen and oxygen atoms in total. The number of amides is 1. The number of hydrogen-bond donors (Lipinski definition) is 1. The minimum atomic E-state index is -0.0977. The van der Waals surface area contributed by atoms with E-state index in [2.05, 4.69) is 15.3 Å². The number of rotatable bonds is 4. The average Bonchev–Trinajstić information content (AvgIpc) is 3.13. The molecule has 0 aliphatic heterocycles. The van der Waals surface area contributed by atoms with Gasteiger partial charge < -0.3 is 5.32 Å². The van der Waals surface area contributed by atoms with Gasteiger partial charge in [-0.15, -0.1) is 22.7 Å². The Bertz CT molecular complexity index is 807. The van der Waals surface area contributed by atoms with Gasteiger partial charge >= 0.3 is 0 Å². The maximum Gasteiger partial charge on any atom is 0.251 e. The lowest BCUT2D eigenvalue weighted by Crippen LogP contribution is -2.22. The van der Waals surface area contributed by atoms with Crippen molar-refractivity contribution in [1.29, 1.82) is 0 Å². The van der Waals surface area contributed by atoms with Gasteiger partial charge in [-0.1, -0.05) is 12.1 Å². The van der Waals surface area contributed by atoms with Gasteiger partial charge in [0.15, 0.2) is 0 Å². The van der Waals surface area contributed by atoms with Crippen molar-refractivity contribution in [3.8, 4) is 11.3 Å². The molecule has 3 rings (SSSR count). The Labute approximate surface area is 136 Å². The molecule has 2 heterocycles. The highest BCUT2D eigenvalue weighted by atomic mass is 32.1. The van der Waals surface area contributed by atoms with Crippen LogP contribution < -0.4 is 5.32 Å². The van der Waals surface area contributed by atoms with E-state index in [0.29, 0.717) is 12.1 Å². The summed E-state index contributed by atoms with van der Waals surface area (Å²) < 4.78 is 0. The van der Waals surface area contributed by atoms with Crippen LogP contribution in [0.3, 0.4) is 0 Å². The monoisotopic (exact) mass is 329 g/mol. The molecule has 0 bridgehead atoms. The zero-order valence-electron chi connectivity index (χ0n) is 12.3. The summed E-state index contributed by atoms with van der Waals surface area (Å²) in [5.41, 5.74) is 3.39. The molecule has 0 saturated carbocycles. The highest BCUT2D eigenvalue weighted by Gasteiger charge is 2.09. The van der Waals surface area contributed by atoms with Gasteiger partial charge in [0.25, 0.3) is 5.91 Å². The summed E-state index contributed by atoms with van der Waals surface area (Å²) in [5, 5.41) is 8.89. The van der Waals surface area contributed by atoms with Gasteiger partial charge in [-0.25, -0.2) is 9.97 Å². The van der Waals surface area contributed by atoms with Crippen LogP contribution >= 0.6 is 22.7 Å². The van der Waals surface area contributed by atoms with Gasteiger partial charge in [0.2, 0.25) is 0 Å². The van der Waals surface area contributed by atoms with E-state index < -0.39 is 0 Å². The molecule has 0 aliphatic rings. The average molecular weight is 329 g/mol. The minimum absolute atomic E-state index is 0.0977. The van der Waals surface area contributed by atoms with Crippen molar-refractivity contribution in [2.24, 2.45) is 0 Å². The molecule has 22 heavy (non-hydrogen) atoms. The predicted octanol–water partition coefficient (Wildman–Crippen LogP) is 3.81. The molecule has 3 aromatic rings. The molecule has 0 aliphatic carbocycles. The third kappa shape index (κ3) is 3.40. The first-order valence-corrected chi connectivity index (χ1v) is 8.59. The van der Waals surface area contributed by atoms with Crippen LogP contribution in [-0.4, -0.2) is 15.9 Å². The summed E-state index contributed by atoms with van der Waals surface area (Å²) >= 11 is 3.19. The number of aryl methyl sites for hydroxylation is 2. The summed E-state index contributed by atoms with van der Waals surface area (Å²) in [6.45, 7) is 4.37. The van der Waals surface area contributed by atoms with Gasteiger partial charge in [-0.2, -0.15) is 0 Å². The summed E-state index contributed by atoms with van der Waals surface area (Å²) in [6.07, 6.45) is 0. The van der Waals surface area contributed by atoms with Crippen molar-refractivity contribution < 1.29 is 4.79 Å². The van der Waals surface area contributed by atoms with Crippen LogP contribution in [0, 0.1) is 13.8 Å². The quantitative estimate of drug-likeness (QED) is 0.792. The number of carbonyl (C=O) groups excluding carboxylic acids is 1. The molecule has 0 fully saturated rings. The van der Waals surface area contributed by atoms with Crippen molar-refractivity contribution in [3.63, 3.8) is 0 Å². The van der Waals surface area contributed by atoms with Crippen molar-refractivity contribution in [3.05, 3.63) is 56.3 Å². The number of hydrogen-bond acceptors (Lipinski definition) is 5. The topological polar surface area (TPSA) is 54.9 Å². The number of carbonyl (C=O) groups is 1. The summed E-state index contributed by atoms with van der Waals surface area (Å²) in [4.78, 5) is 21.1. The molecule has 6 heteroatoms. The molecule has 0 unspecified atom stereocenters. The van der Waals surface area contributed by atoms with Crippen LogP contribution in [0.5, 0.6) is 0 Å². The van der Waals surface area contributed by atoms with E-state index in [-0.39, 0.29) is 5.91 Å². The first kappa shape index (κ1) is 14.9. The second-order valence-corrected chi connectivity index (χ2v) is 7.00. The Kier molecular flexibility index (Phi) is 4.31. The third-order valence-corrected chi connectivity index (χ3v) is 4.73. The van der Waals surface area contributed by atoms with Crippen LogP contribution in [0.4, 0.5) is 0 Å². The first-order chi connectivity index (χ1) is 10.6. The highest BCUT2D eigenvalue weighted by molar-refractivity contribution is 7.10. The molecule has 112 valence electrons. The Morgan fingerprint density at radius 2 is 1.91 bits per heavy atom. The fourth-order valence-electron chi connectivity index (χ4n) is 2.08. The van der Waals surface area contributed by atoms with E-state index in [1.54, 1.807) is 22.7 Å². The Balaban J connectivity index is 1.72. The molecule has 1 N–H and O–H groups in total. The Morgan fingerprint density at radius 1 is 1.14 bits per heavy atom. The first-order valence-electron chi connectivity index (χ1n) is 6.83. The Morgan fingerprint density at radius 3 is 2.59 bits per heavy atom. The number of nitrogens with one attached hydrogen (secondary N) is 1. The minimum Gasteiger partial charge on any atom is -0.346 e. The largest absolute Gasteiger partial charge is 0.346 e. The number of aromatic nitrogens is 2. The fourth-order valence-corrected chi connectivity index (χ4v) is 3.31. The van der Waals surface area contributed by atoms with E-state index in [1.807, 2.05) is 48.9 Å². The lowest BCUT2D eigenvalue weighted by molar-refractivity contribution is 0.0950. The lowest BCUT2D eigenvalue weighted by Gasteiger charge is -2.05. The predicted molar refractivity (Wildman–Crippen MR) is 90.3 cm³/mol. The maximum absolute atomic E-state index is 12.3. The van der Waals surface area contributed by atoms with E-state index in [1.165, 1.54) is 0 Å². The smallest absolute Gasteiger partial charge is 0.251 e. The van der Waals surface area contributed by atoms with E-state index in [4.69, 9.17) is 0 Å². The maximum atomic E-state index is 12.3. The van der Waals surface area contributed by atoms with E-state index in [9.17, 15) is 4.79 Å². The highest BCUT2D eigenvalue weighted by Crippen LogP contribution is 2.22. The second kappa shape index (κ2) is 6.37. The summed E-state index contributed by atoms with van der Waals surface area (Å²) in [5.74, 6) is -0.0977. The molecule has 1 amide bonds. The van der Waals surface area contributed by atoms with Gasteiger partial charge in [-0.3, -0.25) is 4.79 Å². The normalized spacial score (nSPS) is 10.6. The Hall–Kier alpha value is -2.05. The van der Waals surface area contributed by atoms with Crippen LogP contribution in [-0.2, 0) is 6.54 Å².